The van der Waals surface area contributed by atoms with E-state index in [0.29, 0.717) is 13.0 Å². The molecule has 0 radical (unpaired) electrons. The standard InChI is InChI=1S/C20H23N7O2/c1-25-17-9-11-21-26(17)12-10-14(20(25)29)22-19(28)18-23-16-8-7-15(27(16)24-18)13-5-3-2-4-6-13/h2-6,9,11,14-16H,7-8,10,12H2,1H3,(H,22,28)(H,23,24)/t14-,15?,16?/m0/s1. The van der Waals surface area contributed by atoms with Crippen LogP contribution in [0.15, 0.2) is 47.6 Å². The Balaban J connectivity index is 1.27. The van der Waals surface area contributed by atoms with Gasteiger partial charge in [-0.2, -0.15) is 10.1 Å². The summed E-state index contributed by atoms with van der Waals surface area (Å²) >= 11 is 0. The fourth-order valence-electron chi connectivity index (χ4n) is 4.35. The van der Waals surface area contributed by atoms with Crippen molar-refractivity contribution in [2.45, 2.75) is 44.1 Å². The number of carbonyl (C=O) groups excluding carboxylic acids is 2. The lowest BCUT2D eigenvalue weighted by Crippen LogP contribution is -2.52. The Labute approximate surface area is 168 Å². The highest BCUT2D eigenvalue weighted by atomic mass is 16.2. The second kappa shape index (κ2) is 7.00. The van der Waals surface area contributed by atoms with Crippen molar-refractivity contribution in [2.75, 3.05) is 11.9 Å². The van der Waals surface area contributed by atoms with Gasteiger partial charge >= 0.3 is 0 Å². The molecule has 5 rings (SSSR count). The number of aryl methyl sites for hydroxylation is 1. The first-order chi connectivity index (χ1) is 14.1. The number of hydrogen-bond acceptors (Lipinski definition) is 6. The molecule has 1 aromatic heterocycles. The maximum atomic E-state index is 12.8. The third-order valence-corrected chi connectivity index (χ3v) is 5.87. The van der Waals surface area contributed by atoms with Gasteiger partial charge in [0.25, 0.3) is 11.8 Å². The molecule has 3 aliphatic rings. The van der Waals surface area contributed by atoms with E-state index in [0.717, 1.165) is 18.7 Å². The molecule has 1 fully saturated rings. The fourth-order valence-corrected chi connectivity index (χ4v) is 4.35. The van der Waals surface area contributed by atoms with E-state index in [1.165, 1.54) is 5.56 Å². The largest absolute Gasteiger partial charge is 0.337 e. The van der Waals surface area contributed by atoms with Crippen LogP contribution in [-0.2, 0) is 16.1 Å². The number of hydrazine groups is 1. The highest BCUT2D eigenvalue weighted by Crippen LogP contribution is 2.36. The van der Waals surface area contributed by atoms with Crippen LogP contribution in [0.2, 0.25) is 0 Å². The topological polar surface area (TPSA) is 94.9 Å². The molecule has 29 heavy (non-hydrogen) atoms. The SMILES string of the molecule is CN1C(=O)[C@@H](NC(=O)C2=NC3CCC(c4ccccc4)N3N2)CCn2nccc21. The summed E-state index contributed by atoms with van der Waals surface area (Å²) in [4.78, 5) is 31.7. The lowest BCUT2D eigenvalue weighted by atomic mass is 10.1. The molecule has 3 atom stereocenters. The summed E-state index contributed by atoms with van der Waals surface area (Å²) in [5, 5.41) is 9.14. The average molecular weight is 393 g/mol. The number of hydrogen-bond donors (Lipinski definition) is 2. The molecule has 1 saturated heterocycles. The Kier molecular flexibility index (Phi) is 4.31. The highest BCUT2D eigenvalue weighted by molar-refractivity contribution is 6.38. The van der Waals surface area contributed by atoms with E-state index in [1.807, 2.05) is 23.2 Å². The van der Waals surface area contributed by atoms with Gasteiger partial charge in [0.2, 0.25) is 5.84 Å². The van der Waals surface area contributed by atoms with Gasteiger partial charge in [0.15, 0.2) is 0 Å². The summed E-state index contributed by atoms with van der Waals surface area (Å²) in [5.74, 6) is 0.499. The van der Waals surface area contributed by atoms with E-state index in [2.05, 4.69) is 33.0 Å². The first kappa shape index (κ1) is 17.9. The molecule has 2 aromatic rings. The number of aromatic nitrogens is 2. The summed E-state index contributed by atoms with van der Waals surface area (Å²) in [6, 6.07) is 11.6. The summed E-state index contributed by atoms with van der Waals surface area (Å²) in [6.45, 7) is 0.564. The van der Waals surface area contributed by atoms with Crippen LogP contribution >= 0.6 is 0 Å². The lowest BCUT2D eigenvalue weighted by Gasteiger charge is -2.24. The van der Waals surface area contributed by atoms with Gasteiger partial charge in [0.05, 0.1) is 12.2 Å². The molecule has 2 N–H and O–H groups in total. The second-order valence-corrected chi connectivity index (χ2v) is 7.61. The van der Waals surface area contributed by atoms with Crippen LogP contribution in [0.4, 0.5) is 5.82 Å². The quantitative estimate of drug-likeness (QED) is 0.805. The number of benzene rings is 1. The van der Waals surface area contributed by atoms with E-state index in [9.17, 15) is 9.59 Å². The molecule has 0 bridgehead atoms. The first-order valence-electron chi connectivity index (χ1n) is 9.90. The Hall–Kier alpha value is -3.20. The van der Waals surface area contributed by atoms with Crippen LogP contribution < -0.4 is 15.6 Å². The first-order valence-corrected chi connectivity index (χ1v) is 9.90. The molecule has 3 aliphatic heterocycles. The van der Waals surface area contributed by atoms with Crippen LogP contribution in [0.25, 0.3) is 0 Å². The monoisotopic (exact) mass is 393 g/mol. The van der Waals surface area contributed by atoms with E-state index >= 15 is 0 Å². The van der Waals surface area contributed by atoms with Gasteiger partial charge in [0.1, 0.15) is 18.0 Å². The predicted molar refractivity (Wildman–Crippen MR) is 107 cm³/mol. The van der Waals surface area contributed by atoms with Crippen molar-refractivity contribution in [2.24, 2.45) is 4.99 Å². The summed E-state index contributed by atoms with van der Waals surface area (Å²) in [5.41, 5.74) is 4.38. The zero-order chi connectivity index (χ0) is 20.0. The molecule has 4 heterocycles. The van der Waals surface area contributed by atoms with Crippen molar-refractivity contribution < 1.29 is 9.59 Å². The van der Waals surface area contributed by atoms with Crippen LogP contribution in [0.5, 0.6) is 0 Å². The van der Waals surface area contributed by atoms with Crippen molar-refractivity contribution in [1.29, 1.82) is 0 Å². The second-order valence-electron chi connectivity index (χ2n) is 7.61. The Morgan fingerprint density at radius 3 is 2.83 bits per heavy atom. The van der Waals surface area contributed by atoms with Gasteiger partial charge < -0.3 is 5.32 Å². The minimum atomic E-state index is -0.612. The number of rotatable bonds is 3. The van der Waals surface area contributed by atoms with Crippen molar-refractivity contribution in [3.63, 3.8) is 0 Å². The van der Waals surface area contributed by atoms with Gasteiger partial charge in [-0.15, -0.1) is 0 Å². The number of nitrogens with one attached hydrogen (secondary N) is 2. The molecule has 150 valence electrons. The molecule has 9 nitrogen and oxygen atoms in total. The maximum Gasteiger partial charge on any atom is 0.288 e. The molecule has 2 amide bonds. The summed E-state index contributed by atoms with van der Waals surface area (Å²) in [6.07, 6.45) is 3.97. The number of carbonyl (C=O) groups is 2. The molecule has 0 saturated carbocycles. The Bertz CT molecular complexity index is 970. The van der Waals surface area contributed by atoms with Gasteiger partial charge in [-0.25, -0.2) is 9.67 Å². The van der Waals surface area contributed by atoms with Gasteiger partial charge in [-0.05, 0) is 24.8 Å². The molecule has 9 heteroatoms. The third kappa shape index (κ3) is 3.07. The fraction of sp³-hybridized carbons (Fsp3) is 0.400. The van der Waals surface area contributed by atoms with Crippen molar-refractivity contribution >= 4 is 23.5 Å². The number of likely N-dealkylation sites (N-methyl/N-ethyl adjacent to an activating group) is 1. The average Bonchev–Trinajstić information content (AvgIpc) is 3.44. The van der Waals surface area contributed by atoms with Crippen LogP contribution in [-0.4, -0.2) is 51.7 Å². The van der Waals surface area contributed by atoms with Gasteiger partial charge in [-0.1, -0.05) is 30.3 Å². The maximum absolute atomic E-state index is 12.8. The van der Waals surface area contributed by atoms with Crippen LogP contribution in [0.1, 0.15) is 30.9 Å². The smallest absolute Gasteiger partial charge is 0.288 e. The number of fused-ring (bicyclic) bond motifs is 2. The van der Waals surface area contributed by atoms with E-state index in [-0.39, 0.29) is 29.9 Å². The Morgan fingerprint density at radius 1 is 1.17 bits per heavy atom. The molecule has 0 aliphatic carbocycles. The van der Waals surface area contributed by atoms with E-state index < -0.39 is 6.04 Å². The molecule has 2 unspecified atom stereocenters. The van der Waals surface area contributed by atoms with Crippen LogP contribution in [0.3, 0.4) is 0 Å². The summed E-state index contributed by atoms with van der Waals surface area (Å²) < 4.78 is 1.77. The van der Waals surface area contributed by atoms with Gasteiger partial charge in [0, 0.05) is 19.7 Å². The van der Waals surface area contributed by atoms with Crippen LogP contribution in [0, 0.1) is 0 Å². The number of nitrogens with zero attached hydrogens (tertiary/aromatic N) is 5. The van der Waals surface area contributed by atoms with E-state index in [4.69, 9.17) is 0 Å². The summed E-state index contributed by atoms with van der Waals surface area (Å²) in [7, 11) is 1.70. The predicted octanol–water partition coefficient (Wildman–Crippen LogP) is 0.814. The number of amidine groups is 1. The number of anilines is 1. The number of amides is 2. The Morgan fingerprint density at radius 2 is 2.00 bits per heavy atom. The van der Waals surface area contributed by atoms with Crippen molar-refractivity contribution in [1.82, 2.24) is 25.5 Å². The van der Waals surface area contributed by atoms with Gasteiger partial charge in [-0.3, -0.25) is 19.9 Å². The zero-order valence-corrected chi connectivity index (χ0v) is 16.2. The number of aliphatic imine (C=N–C) groups is 1. The zero-order valence-electron chi connectivity index (χ0n) is 16.2. The lowest BCUT2D eigenvalue weighted by molar-refractivity contribution is -0.124. The van der Waals surface area contributed by atoms with Crippen molar-refractivity contribution in [3.8, 4) is 0 Å². The third-order valence-electron chi connectivity index (χ3n) is 5.87. The van der Waals surface area contributed by atoms with E-state index in [1.54, 1.807) is 28.9 Å². The molecule has 0 spiro atoms. The normalized spacial score (nSPS) is 26.4. The minimum Gasteiger partial charge on any atom is -0.337 e. The minimum absolute atomic E-state index is 0.0570. The molecule has 1 aromatic carbocycles. The molecular weight excluding hydrogens is 370 g/mol. The highest BCUT2D eigenvalue weighted by Gasteiger charge is 2.41. The van der Waals surface area contributed by atoms with Crippen molar-refractivity contribution in [3.05, 3.63) is 48.2 Å². The molecular formula is C20H23N7O2.